The number of amides is 1. The van der Waals surface area contributed by atoms with Crippen LogP contribution in [0.2, 0.25) is 0 Å². The van der Waals surface area contributed by atoms with Gasteiger partial charge >= 0.3 is 0 Å². The summed E-state index contributed by atoms with van der Waals surface area (Å²) < 4.78 is 42.3. The van der Waals surface area contributed by atoms with E-state index in [4.69, 9.17) is 9.47 Å². The van der Waals surface area contributed by atoms with Crippen LogP contribution in [0.1, 0.15) is 52.9 Å². The molecule has 2 N–H and O–H groups in total. The fourth-order valence-corrected chi connectivity index (χ4v) is 5.98. The van der Waals surface area contributed by atoms with Crippen molar-refractivity contribution in [3.05, 3.63) is 68.9 Å². The Labute approximate surface area is 231 Å². The molecule has 13 heteroatoms. The summed E-state index contributed by atoms with van der Waals surface area (Å²) in [7, 11) is -4.14. The van der Waals surface area contributed by atoms with Crippen molar-refractivity contribution in [3.63, 3.8) is 0 Å². The third-order valence-corrected chi connectivity index (χ3v) is 8.68. The van der Waals surface area contributed by atoms with E-state index in [-0.39, 0.29) is 34.4 Å². The van der Waals surface area contributed by atoms with E-state index in [2.05, 4.69) is 15.1 Å². The molecular weight excluding hydrogens is 538 g/mol. The summed E-state index contributed by atoms with van der Waals surface area (Å²) >= 11 is 0. The molecule has 1 saturated carbocycles. The Balaban J connectivity index is 1.58. The van der Waals surface area contributed by atoms with Gasteiger partial charge in [-0.05, 0) is 69.7 Å². The third kappa shape index (κ3) is 5.71. The van der Waals surface area contributed by atoms with Gasteiger partial charge in [0.25, 0.3) is 11.6 Å². The second-order valence-corrected chi connectivity index (χ2v) is 11.8. The number of hydrogen-bond acceptors (Lipinski definition) is 8. The summed E-state index contributed by atoms with van der Waals surface area (Å²) in [5, 5.41) is 18.9. The van der Waals surface area contributed by atoms with Crippen LogP contribution in [0.4, 0.5) is 5.69 Å². The molecule has 2 fully saturated rings. The first kappa shape index (κ1) is 27.7. The number of non-ortho nitro benzene ring substituents is 1. The topological polar surface area (TPSA) is 155 Å². The lowest BCUT2D eigenvalue weighted by molar-refractivity contribution is -0.385. The van der Waals surface area contributed by atoms with Crippen LogP contribution >= 0.6 is 0 Å². The molecule has 3 aromatic rings. The molecule has 2 aromatic carbocycles. The number of nitro groups is 1. The standard InChI is InChI=1S/C27H31N5O7S/c1-16-6-4-8-22(17(16)2)31-27(18(3)25(29-31)26(33)28-15-21-7-5-13-38-21)39-23-12-11-20(32(34)35)14-24(23)40(36,37)30-19-9-10-19/h4,6,8,11-12,14,19,21,30H,5,7,9-10,13,15H2,1-3H3,(H,28,33)/t21-/m1/s1. The number of ether oxygens (including phenoxy) is 2. The van der Waals surface area contributed by atoms with Crippen molar-refractivity contribution in [2.75, 3.05) is 13.2 Å². The van der Waals surface area contributed by atoms with Gasteiger partial charge in [0.15, 0.2) is 5.69 Å². The minimum absolute atomic E-state index is 0.0621. The van der Waals surface area contributed by atoms with E-state index in [1.54, 1.807) is 6.92 Å². The molecule has 1 aliphatic carbocycles. The van der Waals surface area contributed by atoms with Crippen molar-refractivity contribution < 1.29 is 27.6 Å². The van der Waals surface area contributed by atoms with E-state index in [0.29, 0.717) is 37.2 Å². The lowest BCUT2D eigenvalue weighted by Gasteiger charge is -2.15. The van der Waals surface area contributed by atoms with Gasteiger partial charge in [0.05, 0.1) is 16.7 Å². The Morgan fingerprint density at radius 3 is 2.62 bits per heavy atom. The van der Waals surface area contributed by atoms with Crippen LogP contribution < -0.4 is 14.8 Å². The minimum Gasteiger partial charge on any atom is -0.437 e. The van der Waals surface area contributed by atoms with E-state index in [9.17, 15) is 23.3 Å². The number of hydrogen-bond donors (Lipinski definition) is 2. The Morgan fingerprint density at radius 1 is 1.18 bits per heavy atom. The SMILES string of the molecule is Cc1cccc(-n2nc(C(=O)NC[C@H]3CCCO3)c(C)c2Oc2ccc([N+](=O)[O-])cc2S(=O)(=O)NC2CC2)c1C. The zero-order chi connectivity index (χ0) is 28.6. The van der Waals surface area contributed by atoms with Crippen molar-refractivity contribution in [3.8, 4) is 17.3 Å². The molecule has 2 heterocycles. The molecule has 0 radical (unpaired) electrons. The van der Waals surface area contributed by atoms with Crippen molar-refractivity contribution in [1.29, 1.82) is 0 Å². The monoisotopic (exact) mass is 569 g/mol. The number of nitro benzene ring substituents is 1. The second kappa shape index (κ2) is 11.0. The Hall–Kier alpha value is -3.81. The molecule has 0 spiro atoms. The zero-order valence-corrected chi connectivity index (χ0v) is 23.3. The van der Waals surface area contributed by atoms with E-state index in [1.807, 2.05) is 32.0 Å². The number of carbonyl (C=O) groups excluding carboxylic acids is 1. The van der Waals surface area contributed by atoms with E-state index in [1.165, 1.54) is 16.8 Å². The fourth-order valence-electron chi connectivity index (χ4n) is 4.53. The minimum atomic E-state index is -4.14. The van der Waals surface area contributed by atoms with Crippen molar-refractivity contribution in [2.24, 2.45) is 0 Å². The number of nitrogens with zero attached hydrogens (tertiary/aromatic N) is 3. The van der Waals surface area contributed by atoms with Crippen LogP contribution in [-0.4, -0.2) is 54.3 Å². The Morgan fingerprint density at radius 2 is 1.95 bits per heavy atom. The summed E-state index contributed by atoms with van der Waals surface area (Å²) in [6.45, 7) is 6.50. The largest absolute Gasteiger partial charge is 0.437 e. The van der Waals surface area contributed by atoms with Gasteiger partial charge in [0, 0.05) is 36.9 Å². The number of aromatic nitrogens is 2. The van der Waals surface area contributed by atoms with Gasteiger partial charge in [-0.3, -0.25) is 14.9 Å². The zero-order valence-electron chi connectivity index (χ0n) is 22.5. The first-order valence-corrected chi connectivity index (χ1v) is 14.6. The average molecular weight is 570 g/mol. The lowest BCUT2D eigenvalue weighted by atomic mass is 10.1. The number of rotatable bonds is 10. The molecule has 0 bridgehead atoms. The predicted molar refractivity (Wildman–Crippen MR) is 146 cm³/mol. The summed E-state index contributed by atoms with van der Waals surface area (Å²) in [5.74, 6) is -0.429. The number of carbonyl (C=O) groups is 1. The van der Waals surface area contributed by atoms with Gasteiger partial charge < -0.3 is 14.8 Å². The molecule has 1 aliphatic heterocycles. The predicted octanol–water partition coefficient (Wildman–Crippen LogP) is 3.85. The maximum absolute atomic E-state index is 13.2. The molecule has 5 rings (SSSR count). The number of aryl methyl sites for hydroxylation is 1. The highest BCUT2D eigenvalue weighted by Gasteiger charge is 2.32. The number of nitrogens with one attached hydrogen (secondary N) is 2. The lowest BCUT2D eigenvalue weighted by Crippen LogP contribution is -2.32. The van der Waals surface area contributed by atoms with Crippen molar-refractivity contribution >= 4 is 21.6 Å². The van der Waals surface area contributed by atoms with E-state index >= 15 is 0 Å². The number of sulfonamides is 1. The van der Waals surface area contributed by atoms with Crippen LogP contribution in [0.15, 0.2) is 41.3 Å². The quantitative estimate of drug-likeness (QED) is 0.276. The fraction of sp³-hybridized carbons (Fsp3) is 0.407. The molecular formula is C27H31N5O7S. The van der Waals surface area contributed by atoms with Crippen LogP contribution in [-0.2, 0) is 14.8 Å². The van der Waals surface area contributed by atoms with Crippen LogP contribution in [0.5, 0.6) is 11.6 Å². The highest BCUT2D eigenvalue weighted by atomic mass is 32.2. The number of benzene rings is 2. The maximum atomic E-state index is 13.2. The summed E-state index contributed by atoms with van der Waals surface area (Å²) in [5.41, 5.74) is 2.59. The third-order valence-electron chi connectivity index (χ3n) is 7.14. The van der Waals surface area contributed by atoms with Gasteiger partial charge in [0.2, 0.25) is 15.9 Å². The summed E-state index contributed by atoms with van der Waals surface area (Å²) in [6.07, 6.45) is 3.11. The average Bonchev–Trinajstić information content (AvgIpc) is 3.44. The first-order valence-electron chi connectivity index (χ1n) is 13.1. The molecule has 1 saturated heterocycles. The van der Waals surface area contributed by atoms with Gasteiger partial charge in [-0.15, -0.1) is 0 Å². The molecule has 0 unspecified atom stereocenters. The Bertz CT molecular complexity index is 1570. The second-order valence-electron chi connectivity index (χ2n) is 10.1. The van der Waals surface area contributed by atoms with Crippen molar-refractivity contribution in [2.45, 2.75) is 63.5 Å². The molecule has 12 nitrogen and oxygen atoms in total. The van der Waals surface area contributed by atoms with Crippen LogP contribution in [0.25, 0.3) is 5.69 Å². The van der Waals surface area contributed by atoms with Gasteiger partial charge in [0.1, 0.15) is 10.6 Å². The summed E-state index contributed by atoms with van der Waals surface area (Å²) in [6, 6.07) is 8.78. The molecule has 212 valence electrons. The molecule has 1 aromatic heterocycles. The van der Waals surface area contributed by atoms with E-state index < -0.39 is 26.5 Å². The molecule has 40 heavy (non-hydrogen) atoms. The highest BCUT2D eigenvalue weighted by molar-refractivity contribution is 7.89. The summed E-state index contributed by atoms with van der Waals surface area (Å²) in [4.78, 5) is 23.6. The van der Waals surface area contributed by atoms with E-state index in [0.717, 1.165) is 30.0 Å². The van der Waals surface area contributed by atoms with Gasteiger partial charge in [-0.1, -0.05) is 12.1 Å². The normalized spacial score (nSPS) is 17.1. The smallest absolute Gasteiger partial charge is 0.272 e. The van der Waals surface area contributed by atoms with Gasteiger partial charge in [-0.25, -0.2) is 13.1 Å². The molecule has 1 atom stereocenters. The Kier molecular flexibility index (Phi) is 7.62. The first-order chi connectivity index (χ1) is 19.0. The van der Waals surface area contributed by atoms with Crippen LogP contribution in [0, 0.1) is 30.9 Å². The highest BCUT2D eigenvalue weighted by Crippen LogP contribution is 2.37. The van der Waals surface area contributed by atoms with Crippen LogP contribution in [0.3, 0.4) is 0 Å². The van der Waals surface area contributed by atoms with Gasteiger partial charge in [-0.2, -0.15) is 9.78 Å². The molecule has 2 aliphatic rings. The maximum Gasteiger partial charge on any atom is 0.272 e. The van der Waals surface area contributed by atoms with Crippen molar-refractivity contribution in [1.82, 2.24) is 19.8 Å². The molecule has 1 amide bonds.